The summed E-state index contributed by atoms with van der Waals surface area (Å²) in [5.41, 5.74) is 4.36. The number of rotatable bonds is 12. The van der Waals surface area contributed by atoms with Crippen LogP contribution in [0.15, 0.2) is 78.6 Å². The van der Waals surface area contributed by atoms with Gasteiger partial charge in [-0.2, -0.15) is 0 Å². The van der Waals surface area contributed by atoms with Crippen molar-refractivity contribution < 1.29 is 14.3 Å². The molecular weight excluding hydrogens is 486 g/mol. The summed E-state index contributed by atoms with van der Waals surface area (Å²) in [5.74, 6) is 0.606. The topological polar surface area (TPSA) is 61.9 Å². The Labute approximate surface area is 232 Å². The van der Waals surface area contributed by atoms with Gasteiger partial charge in [0.25, 0.3) is 11.8 Å². The number of carbonyl (C=O) groups is 2. The maximum absolute atomic E-state index is 13.5. The lowest BCUT2D eigenvalue weighted by atomic mass is 10.1. The number of amides is 2. The lowest BCUT2D eigenvalue weighted by Crippen LogP contribution is -2.36. The molecule has 6 heteroatoms. The predicted molar refractivity (Wildman–Crippen MR) is 158 cm³/mol. The zero-order valence-electron chi connectivity index (χ0n) is 23.3. The normalized spacial score (nSPS) is 13.9. The van der Waals surface area contributed by atoms with Gasteiger partial charge in [0.2, 0.25) is 0 Å². The molecular formula is C33H39N3O3. The molecule has 39 heavy (non-hydrogen) atoms. The Morgan fingerprint density at radius 3 is 2.38 bits per heavy atom. The molecule has 0 aliphatic carbocycles. The first-order chi connectivity index (χ1) is 19.0. The molecule has 0 aromatic heterocycles. The standard InChI is InChI=1S/C33H39N3O3/c1-4-6-21-35(5-2)22-9-20-34-32(37)28-18-16-26(17-19-28)23-31-33(38)36(24-27-14-12-25(3)13-15-27)29-10-7-8-11-30(29)39-31/h7-8,10-19,23H,4-6,9,20-22,24H2,1-3H3,(H,34,37). The Balaban J connectivity index is 1.40. The monoisotopic (exact) mass is 525 g/mol. The van der Waals surface area contributed by atoms with Crippen molar-refractivity contribution in [3.05, 3.63) is 101 Å². The first-order valence-electron chi connectivity index (χ1n) is 13.9. The molecule has 0 saturated carbocycles. The lowest BCUT2D eigenvalue weighted by Gasteiger charge is -2.30. The number of carbonyl (C=O) groups excluding carboxylic acids is 2. The predicted octanol–water partition coefficient (Wildman–Crippen LogP) is 6.20. The van der Waals surface area contributed by atoms with Crippen molar-refractivity contribution in [1.82, 2.24) is 10.2 Å². The molecule has 1 aliphatic rings. The number of para-hydroxylation sites is 2. The number of hydrogen-bond acceptors (Lipinski definition) is 4. The first-order valence-corrected chi connectivity index (χ1v) is 13.9. The lowest BCUT2D eigenvalue weighted by molar-refractivity contribution is -0.117. The Morgan fingerprint density at radius 2 is 1.67 bits per heavy atom. The molecule has 0 radical (unpaired) electrons. The van der Waals surface area contributed by atoms with Crippen molar-refractivity contribution in [2.24, 2.45) is 0 Å². The molecule has 0 spiro atoms. The van der Waals surface area contributed by atoms with E-state index >= 15 is 0 Å². The third-order valence-electron chi connectivity index (χ3n) is 6.98. The number of unbranched alkanes of at least 4 members (excludes halogenated alkanes) is 1. The number of hydrogen-bond donors (Lipinski definition) is 1. The molecule has 0 atom stereocenters. The minimum absolute atomic E-state index is 0.0889. The van der Waals surface area contributed by atoms with Gasteiger partial charge in [-0.25, -0.2) is 0 Å². The molecule has 3 aromatic rings. The molecule has 204 valence electrons. The highest BCUT2D eigenvalue weighted by molar-refractivity contribution is 6.09. The molecule has 1 aliphatic heterocycles. The first kappa shape index (κ1) is 28.1. The zero-order valence-corrected chi connectivity index (χ0v) is 23.3. The Kier molecular flexibility index (Phi) is 9.92. The molecule has 0 unspecified atom stereocenters. The summed E-state index contributed by atoms with van der Waals surface area (Å²) in [6.45, 7) is 10.7. The van der Waals surface area contributed by atoms with Gasteiger partial charge in [0, 0.05) is 12.1 Å². The number of ether oxygens (including phenoxy) is 1. The van der Waals surface area contributed by atoms with E-state index in [1.165, 1.54) is 18.4 Å². The van der Waals surface area contributed by atoms with Crippen molar-refractivity contribution in [1.29, 1.82) is 0 Å². The van der Waals surface area contributed by atoms with E-state index in [0.717, 1.165) is 42.9 Å². The second kappa shape index (κ2) is 13.8. The van der Waals surface area contributed by atoms with Crippen LogP contribution in [0.2, 0.25) is 0 Å². The van der Waals surface area contributed by atoms with Gasteiger partial charge in [-0.3, -0.25) is 14.5 Å². The molecule has 0 fully saturated rings. The van der Waals surface area contributed by atoms with Crippen LogP contribution in [0.25, 0.3) is 6.08 Å². The fourth-order valence-electron chi connectivity index (χ4n) is 4.59. The van der Waals surface area contributed by atoms with Gasteiger partial charge >= 0.3 is 0 Å². The van der Waals surface area contributed by atoms with E-state index in [1.807, 2.05) is 67.6 Å². The molecule has 2 amide bonds. The Bertz CT molecular complexity index is 1280. The van der Waals surface area contributed by atoms with Crippen molar-refractivity contribution in [3.63, 3.8) is 0 Å². The average molecular weight is 526 g/mol. The van der Waals surface area contributed by atoms with Gasteiger partial charge in [0.05, 0.1) is 12.2 Å². The summed E-state index contributed by atoms with van der Waals surface area (Å²) in [5, 5.41) is 3.02. The van der Waals surface area contributed by atoms with Crippen LogP contribution in [0.4, 0.5) is 5.69 Å². The third-order valence-corrected chi connectivity index (χ3v) is 6.98. The third kappa shape index (κ3) is 7.58. The van der Waals surface area contributed by atoms with Crippen LogP contribution in [0.1, 0.15) is 60.2 Å². The van der Waals surface area contributed by atoms with Crippen LogP contribution in [0.3, 0.4) is 0 Å². The van der Waals surface area contributed by atoms with Crippen LogP contribution >= 0.6 is 0 Å². The average Bonchev–Trinajstić information content (AvgIpc) is 2.96. The summed E-state index contributed by atoms with van der Waals surface area (Å²) in [6, 6.07) is 23.0. The van der Waals surface area contributed by atoms with Gasteiger partial charge < -0.3 is 15.0 Å². The van der Waals surface area contributed by atoms with Gasteiger partial charge in [-0.05, 0) is 80.9 Å². The molecule has 6 nitrogen and oxygen atoms in total. The van der Waals surface area contributed by atoms with Crippen molar-refractivity contribution in [2.45, 2.75) is 46.6 Å². The second-order valence-corrected chi connectivity index (χ2v) is 9.97. The van der Waals surface area contributed by atoms with Crippen LogP contribution in [-0.4, -0.2) is 42.9 Å². The van der Waals surface area contributed by atoms with E-state index in [-0.39, 0.29) is 17.6 Å². The van der Waals surface area contributed by atoms with Crippen molar-refractivity contribution >= 4 is 23.6 Å². The highest BCUT2D eigenvalue weighted by atomic mass is 16.5. The van der Waals surface area contributed by atoms with E-state index < -0.39 is 0 Å². The number of nitrogens with zero attached hydrogens (tertiary/aromatic N) is 2. The van der Waals surface area contributed by atoms with Gasteiger partial charge in [-0.1, -0.05) is 74.4 Å². The second-order valence-electron chi connectivity index (χ2n) is 9.97. The van der Waals surface area contributed by atoms with Crippen LogP contribution in [-0.2, 0) is 11.3 Å². The summed E-state index contributed by atoms with van der Waals surface area (Å²) in [4.78, 5) is 30.3. The minimum atomic E-state index is -0.198. The fraction of sp³-hybridized carbons (Fsp3) is 0.333. The van der Waals surface area contributed by atoms with Crippen molar-refractivity contribution in [3.8, 4) is 5.75 Å². The SMILES string of the molecule is CCCCN(CC)CCCNC(=O)c1ccc(C=C2Oc3ccccc3N(Cc3ccc(C)cc3)C2=O)cc1. The number of anilines is 1. The molecule has 0 saturated heterocycles. The van der Waals surface area contributed by atoms with Crippen LogP contribution in [0.5, 0.6) is 5.75 Å². The van der Waals surface area contributed by atoms with E-state index in [0.29, 0.717) is 24.4 Å². The van der Waals surface area contributed by atoms with Gasteiger partial charge in [0.1, 0.15) is 0 Å². The zero-order chi connectivity index (χ0) is 27.6. The van der Waals surface area contributed by atoms with Gasteiger partial charge in [0.15, 0.2) is 11.5 Å². The molecule has 1 N–H and O–H groups in total. The highest BCUT2D eigenvalue weighted by Crippen LogP contribution is 2.36. The quantitative estimate of drug-likeness (QED) is 0.226. The van der Waals surface area contributed by atoms with Gasteiger partial charge in [-0.15, -0.1) is 0 Å². The number of aryl methyl sites for hydroxylation is 1. The Hall–Kier alpha value is -3.90. The molecule has 1 heterocycles. The smallest absolute Gasteiger partial charge is 0.294 e. The molecule has 0 bridgehead atoms. The number of fused-ring (bicyclic) bond motifs is 1. The minimum Gasteiger partial charge on any atom is -0.449 e. The van der Waals surface area contributed by atoms with E-state index in [2.05, 4.69) is 24.1 Å². The molecule has 3 aromatic carbocycles. The van der Waals surface area contributed by atoms with Crippen LogP contribution < -0.4 is 15.0 Å². The summed E-state index contributed by atoms with van der Waals surface area (Å²) >= 11 is 0. The fourth-order valence-corrected chi connectivity index (χ4v) is 4.59. The Morgan fingerprint density at radius 1 is 0.949 bits per heavy atom. The summed E-state index contributed by atoms with van der Waals surface area (Å²) in [7, 11) is 0. The largest absolute Gasteiger partial charge is 0.449 e. The maximum atomic E-state index is 13.5. The summed E-state index contributed by atoms with van der Waals surface area (Å²) < 4.78 is 6.02. The van der Waals surface area contributed by atoms with Crippen LogP contribution in [0, 0.1) is 6.92 Å². The number of nitrogens with one attached hydrogen (secondary N) is 1. The highest BCUT2D eigenvalue weighted by Gasteiger charge is 2.30. The maximum Gasteiger partial charge on any atom is 0.294 e. The number of benzene rings is 3. The molecule has 4 rings (SSSR count). The van der Waals surface area contributed by atoms with E-state index in [9.17, 15) is 9.59 Å². The summed E-state index contributed by atoms with van der Waals surface area (Å²) in [6.07, 6.45) is 5.06. The van der Waals surface area contributed by atoms with Crippen molar-refractivity contribution in [2.75, 3.05) is 31.1 Å². The van der Waals surface area contributed by atoms with E-state index in [4.69, 9.17) is 4.74 Å². The van der Waals surface area contributed by atoms with E-state index in [1.54, 1.807) is 23.1 Å².